The maximum absolute atomic E-state index is 6.01. The summed E-state index contributed by atoms with van der Waals surface area (Å²) in [5.74, 6) is 6.89. The molecule has 0 spiro atoms. The Bertz CT molecular complexity index is 295. The molecule has 0 atom stereocenters. The molecule has 1 aliphatic rings. The molecule has 1 aliphatic carbocycles. The Kier molecular flexibility index (Phi) is 5.69. The van der Waals surface area contributed by atoms with Gasteiger partial charge in [0.1, 0.15) is 0 Å². The van der Waals surface area contributed by atoms with E-state index in [1.807, 2.05) is 6.92 Å². The second-order valence-electron chi connectivity index (χ2n) is 6.73. The zero-order chi connectivity index (χ0) is 13.6. The van der Waals surface area contributed by atoms with Crippen molar-refractivity contribution in [1.82, 2.24) is 5.32 Å². The van der Waals surface area contributed by atoms with Gasteiger partial charge in [-0.2, -0.15) is 0 Å². The minimum Gasteiger partial charge on any atom is -0.329 e. The van der Waals surface area contributed by atoms with Crippen molar-refractivity contribution >= 4 is 0 Å². The lowest BCUT2D eigenvalue weighted by Crippen LogP contribution is -2.54. The van der Waals surface area contributed by atoms with Crippen LogP contribution in [0.5, 0.6) is 0 Å². The van der Waals surface area contributed by atoms with Crippen molar-refractivity contribution in [3.8, 4) is 11.8 Å². The molecule has 1 saturated carbocycles. The molecule has 0 amide bonds. The molecule has 0 heterocycles. The zero-order valence-electron chi connectivity index (χ0n) is 12.6. The van der Waals surface area contributed by atoms with Crippen molar-refractivity contribution in [3.05, 3.63) is 0 Å². The highest BCUT2D eigenvalue weighted by atomic mass is 15.0. The molecule has 0 aliphatic heterocycles. The van der Waals surface area contributed by atoms with E-state index in [0.29, 0.717) is 5.41 Å². The Balaban J connectivity index is 2.46. The summed E-state index contributed by atoms with van der Waals surface area (Å²) >= 11 is 0. The predicted octanol–water partition coefficient (Wildman–Crippen LogP) is 2.92. The summed E-state index contributed by atoms with van der Waals surface area (Å²) in [7, 11) is 0. The summed E-state index contributed by atoms with van der Waals surface area (Å²) < 4.78 is 0. The molecule has 0 unspecified atom stereocenters. The first-order valence-electron chi connectivity index (χ1n) is 7.28. The van der Waals surface area contributed by atoms with Crippen LogP contribution in [0.15, 0.2) is 0 Å². The van der Waals surface area contributed by atoms with Crippen molar-refractivity contribution in [2.24, 2.45) is 17.1 Å². The third-order valence-corrected chi connectivity index (χ3v) is 4.48. The van der Waals surface area contributed by atoms with Crippen LogP contribution in [-0.2, 0) is 0 Å². The molecular weight excluding hydrogens is 220 g/mol. The predicted molar refractivity (Wildman–Crippen MR) is 79.3 cm³/mol. The minimum absolute atomic E-state index is 0.178. The van der Waals surface area contributed by atoms with Crippen LogP contribution < -0.4 is 11.1 Å². The molecule has 0 radical (unpaired) electrons. The molecule has 0 saturated heterocycles. The molecule has 104 valence electrons. The van der Waals surface area contributed by atoms with E-state index in [1.165, 1.54) is 25.7 Å². The van der Waals surface area contributed by atoms with Gasteiger partial charge >= 0.3 is 0 Å². The van der Waals surface area contributed by atoms with Crippen LogP contribution in [0.3, 0.4) is 0 Å². The first kappa shape index (κ1) is 15.5. The molecular formula is C16H30N2. The van der Waals surface area contributed by atoms with Crippen molar-refractivity contribution in [2.75, 3.05) is 13.1 Å². The number of nitrogens with one attached hydrogen (secondary N) is 1. The molecule has 3 N–H and O–H groups in total. The number of nitrogens with two attached hydrogens (primary N) is 1. The van der Waals surface area contributed by atoms with Crippen LogP contribution in [0.4, 0.5) is 0 Å². The van der Waals surface area contributed by atoms with Crippen molar-refractivity contribution < 1.29 is 0 Å². The Labute approximate surface area is 113 Å². The van der Waals surface area contributed by atoms with Gasteiger partial charge in [0.05, 0.1) is 0 Å². The standard InChI is InChI=1S/C16H30N2/c1-5-6-7-12-18-16(13-17)10-8-14(9-11-16)15(2,3)4/h14,18H,7-13,17H2,1-4H3. The van der Waals surface area contributed by atoms with Crippen LogP contribution >= 0.6 is 0 Å². The normalized spacial score (nSPS) is 28.6. The summed E-state index contributed by atoms with van der Waals surface area (Å²) in [6.07, 6.45) is 5.96. The van der Waals surface area contributed by atoms with Gasteiger partial charge in [0.2, 0.25) is 0 Å². The Hall–Kier alpha value is -0.520. The lowest BCUT2D eigenvalue weighted by Gasteiger charge is -2.44. The number of rotatable bonds is 4. The monoisotopic (exact) mass is 250 g/mol. The third kappa shape index (κ3) is 4.30. The highest BCUT2D eigenvalue weighted by Gasteiger charge is 2.37. The first-order valence-corrected chi connectivity index (χ1v) is 7.28. The van der Waals surface area contributed by atoms with Gasteiger partial charge in [0.25, 0.3) is 0 Å². The molecule has 2 nitrogen and oxygen atoms in total. The van der Waals surface area contributed by atoms with E-state index in [0.717, 1.165) is 25.4 Å². The fraction of sp³-hybridized carbons (Fsp3) is 0.875. The molecule has 1 rings (SSSR count). The largest absolute Gasteiger partial charge is 0.329 e. The van der Waals surface area contributed by atoms with Gasteiger partial charge < -0.3 is 11.1 Å². The summed E-state index contributed by atoms with van der Waals surface area (Å²) in [5, 5.41) is 3.66. The van der Waals surface area contributed by atoms with E-state index < -0.39 is 0 Å². The van der Waals surface area contributed by atoms with Gasteiger partial charge in [0.15, 0.2) is 0 Å². The Morgan fingerprint density at radius 1 is 1.28 bits per heavy atom. The van der Waals surface area contributed by atoms with Crippen LogP contribution in [0.1, 0.15) is 59.8 Å². The zero-order valence-corrected chi connectivity index (χ0v) is 12.6. The molecule has 0 aromatic carbocycles. The molecule has 0 bridgehead atoms. The van der Waals surface area contributed by atoms with Crippen molar-refractivity contribution in [3.63, 3.8) is 0 Å². The van der Waals surface area contributed by atoms with Gasteiger partial charge in [-0.25, -0.2) is 0 Å². The fourth-order valence-corrected chi connectivity index (χ4v) is 3.00. The molecule has 1 fully saturated rings. The van der Waals surface area contributed by atoms with Crippen LogP contribution in [0, 0.1) is 23.2 Å². The van der Waals surface area contributed by atoms with E-state index in [4.69, 9.17) is 5.73 Å². The summed E-state index contributed by atoms with van der Waals surface area (Å²) in [6, 6.07) is 0. The minimum atomic E-state index is 0.178. The Morgan fingerprint density at radius 3 is 2.33 bits per heavy atom. The summed E-state index contributed by atoms with van der Waals surface area (Å²) in [6.45, 7) is 10.7. The fourth-order valence-electron chi connectivity index (χ4n) is 3.00. The average Bonchev–Trinajstić information content (AvgIpc) is 2.34. The first-order chi connectivity index (χ1) is 8.43. The number of hydrogen-bond donors (Lipinski definition) is 2. The second kappa shape index (κ2) is 6.59. The van der Waals surface area contributed by atoms with Gasteiger partial charge in [-0.1, -0.05) is 20.8 Å². The quantitative estimate of drug-likeness (QED) is 0.595. The van der Waals surface area contributed by atoms with Gasteiger partial charge in [0, 0.05) is 25.0 Å². The van der Waals surface area contributed by atoms with E-state index >= 15 is 0 Å². The lowest BCUT2D eigenvalue weighted by atomic mass is 9.67. The maximum atomic E-state index is 6.01. The van der Waals surface area contributed by atoms with E-state index in [1.54, 1.807) is 0 Å². The lowest BCUT2D eigenvalue weighted by molar-refractivity contribution is 0.118. The van der Waals surface area contributed by atoms with Gasteiger partial charge in [-0.15, -0.1) is 11.8 Å². The Morgan fingerprint density at radius 2 is 1.89 bits per heavy atom. The maximum Gasteiger partial charge on any atom is 0.0304 e. The number of hydrogen-bond acceptors (Lipinski definition) is 2. The van der Waals surface area contributed by atoms with Gasteiger partial charge in [-0.3, -0.25) is 0 Å². The van der Waals surface area contributed by atoms with E-state index in [2.05, 4.69) is 37.9 Å². The highest BCUT2D eigenvalue weighted by Crippen LogP contribution is 2.41. The SMILES string of the molecule is CC#CCCNC1(CN)CCC(C(C)(C)C)CC1. The topological polar surface area (TPSA) is 38.0 Å². The van der Waals surface area contributed by atoms with Crippen LogP contribution in [0.2, 0.25) is 0 Å². The van der Waals surface area contributed by atoms with Crippen molar-refractivity contribution in [1.29, 1.82) is 0 Å². The van der Waals surface area contributed by atoms with E-state index in [-0.39, 0.29) is 5.54 Å². The smallest absolute Gasteiger partial charge is 0.0304 e. The summed E-state index contributed by atoms with van der Waals surface area (Å²) in [4.78, 5) is 0. The highest BCUT2D eigenvalue weighted by molar-refractivity contribution is 4.99. The molecule has 18 heavy (non-hydrogen) atoms. The van der Waals surface area contributed by atoms with Crippen molar-refractivity contribution in [2.45, 2.75) is 65.3 Å². The average molecular weight is 250 g/mol. The molecule has 0 aromatic heterocycles. The second-order valence-corrected chi connectivity index (χ2v) is 6.73. The molecule has 0 aromatic rings. The summed E-state index contributed by atoms with van der Waals surface area (Å²) in [5.41, 5.74) is 6.63. The van der Waals surface area contributed by atoms with Gasteiger partial charge in [-0.05, 0) is 43.9 Å². The van der Waals surface area contributed by atoms with E-state index in [9.17, 15) is 0 Å². The van der Waals surface area contributed by atoms with Crippen LogP contribution in [-0.4, -0.2) is 18.6 Å². The third-order valence-electron chi connectivity index (χ3n) is 4.48. The van der Waals surface area contributed by atoms with Crippen LogP contribution in [0.25, 0.3) is 0 Å². The molecule has 2 heteroatoms.